The predicted octanol–water partition coefficient (Wildman–Crippen LogP) is 2.36. The van der Waals surface area contributed by atoms with Crippen molar-refractivity contribution in [3.8, 4) is 0 Å². The summed E-state index contributed by atoms with van der Waals surface area (Å²) >= 11 is 0. The summed E-state index contributed by atoms with van der Waals surface area (Å²) in [5.74, 6) is -0.882. The first-order chi connectivity index (χ1) is 10.9. The van der Waals surface area contributed by atoms with E-state index in [1.165, 1.54) is 0 Å². The van der Waals surface area contributed by atoms with Crippen LogP contribution in [-0.2, 0) is 16.1 Å². The molecule has 1 aromatic carbocycles. The number of carboxylic acid groups (broad SMARTS) is 1. The number of amides is 1. The lowest BCUT2D eigenvalue weighted by Gasteiger charge is -2.32. The lowest BCUT2D eigenvalue weighted by atomic mass is 10.1. The smallest absolute Gasteiger partial charge is 0.320 e. The van der Waals surface area contributed by atoms with Gasteiger partial charge in [0.2, 0.25) is 5.91 Å². The molecule has 0 spiro atoms. The Morgan fingerprint density at radius 2 is 1.78 bits per heavy atom. The third-order valence-electron chi connectivity index (χ3n) is 4.33. The number of nitrogens with zero attached hydrogens (tertiary/aromatic N) is 2. The third kappa shape index (κ3) is 4.79. The molecule has 0 saturated heterocycles. The van der Waals surface area contributed by atoms with Crippen LogP contribution in [0.5, 0.6) is 0 Å². The van der Waals surface area contributed by atoms with Crippen LogP contribution < -0.4 is 0 Å². The van der Waals surface area contributed by atoms with Crippen LogP contribution in [-0.4, -0.2) is 51.5 Å². The molecule has 2 rings (SSSR count). The van der Waals surface area contributed by atoms with Gasteiger partial charge in [0.25, 0.3) is 0 Å². The van der Waals surface area contributed by atoms with Gasteiger partial charge in [-0.1, -0.05) is 30.3 Å². The largest absolute Gasteiger partial charge is 0.480 e. The van der Waals surface area contributed by atoms with E-state index in [1.54, 1.807) is 6.92 Å². The molecule has 23 heavy (non-hydrogen) atoms. The number of aliphatic carboxylic acids is 1. The molecule has 126 valence electrons. The fourth-order valence-electron chi connectivity index (χ4n) is 2.72. The van der Waals surface area contributed by atoms with E-state index in [9.17, 15) is 14.7 Å². The highest BCUT2D eigenvalue weighted by Gasteiger charge is 2.37. The highest BCUT2D eigenvalue weighted by molar-refractivity contribution is 5.80. The summed E-state index contributed by atoms with van der Waals surface area (Å²) in [5.41, 5.74) is 1.08. The number of hydrogen-bond acceptors (Lipinski definition) is 3. The summed E-state index contributed by atoms with van der Waals surface area (Å²) in [4.78, 5) is 27.7. The molecule has 1 aliphatic rings. The van der Waals surface area contributed by atoms with Crippen molar-refractivity contribution in [1.82, 2.24) is 9.80 Å². The van der Waals surface area contributed by atoms with Crippen LogP contribution >= 0.6 is 0 Å². The number of rotatable bonds is 8. The Balaban J connectivity index is 2.06. The molecular weight excluding hydrogens is 292 g/mol. The van der Waals surface area contributed by atoms with E-state index in [2.05, 4.69) is 0 Å². The summed E-state index contributed by atoms with van der Waals surface area (Å²) < 4.78 is 0. The molecule has 1 aromatic rings. The quantitative estimate of drug-likeness (QED) is 0.799. The third-order valence-corrected chi connectivity index (χ3v) is 4.33. The van der Waals surface area contributed by atoms with Crippen molar-refractivity contribution in [3.05, 3.63) is 35.9 Å². The second-order valence-corrected chi connectivity index (χ2v) is 6.52. The zero-order valence-electron chi connectivity index (χ0n) is 14.1. The molecule has 1 N–H and O–H groups in total. The van der Waals surface area contributed by atoms with Gasteiger partial charge >= 0.3 is 5.97 Å². The molecule has 0 bridgehead atoms. The molecule has 0 aliphatic heterocycles. The molecule has 5 heteroatoms. The van der Waals surface area contributed by atoms with Crippen LogP contribution in [0.15, 0.2) is 30.3 Å². The van der Waals surface area contributed by atoms with E-state index in [0.717, 1.165) is 18.4 Å². The molecule has 5 nitrogen and oxygen atoms in total. The molecule has 1 amide bonds. The standard InChI is InChI=1S/C18H26N2O3/c1-13(2)19(11-15-7-5-4-6-8-15)17(21)12-20(16-9-10-16)14(3)18(22)23/h4-8,13-14,16H,9-12H2,1-3H3,(H,22,23). The minimum absolute atomic E-state index is 0.0103. The van der Waals surface area contributed by atoms with Gasteiger partial charge in [-0.05, 0) is 39.2 Å². The number of hydrogen-bond donors (Lipinski definition) is 1. The lowest BCUT2D eigenvalue weighted by Crippen LogP contribution is -2.48. The summed E-state index contributed by atoms with van der Waals surface area (Å²) in [6.45, 7) is 6.36. The Bertz CT molecular complexity index is 540. The average molecular weight is 318 g/mol. The van der Waals surface area contributed by atoms with Gasteiger partial charge in [0, 0.05) is 18.6 Å². The van der Waals surface area contributed by atoms with Crippen LogP contribution in [0.2, 0.25) is 0 Å². The maximum atomic E-state index is 12.8. The van der Waals surface area contributed by atoms with E-state index in [1.807, 2.05) is 54.0 Å². The zero-order valence-corrected chi connectivity index (χ0v) is 14.1. The van der Waals surface area contributed by atoms with Crippen LogP contribution in [0.4, 0.5) is 0 Å². The summed E-state index contributed by atoms with van der Waals surface area (Å²) in [6, 6.07) is 9.55. The van der Waals surface area contributed by atoms with Crippen molar-refractivity contribution in [2.45, 2.75) is 58.3 Å². The van der Waals surface area contributed by atoms with Crippen molar-refractivity contribution in [1.29, 1.82) is 0 Å². The van der Waals surface area contributed by atoms with Crippen LogP contribution in [0.1, 0.15) is 39.2 Å². The molecule has 0 heterocycles. The van der Waals surface area contributed by atoms with Crippen molar-refractivity contribution in [2.75, 3.05) is 6.54 Å². The van der Waals surface area contributed by atoms with Gasteiger partial charge in [-0.15, -0.1) is 0 Å². The van der Waals surface area contributed by atoms with E-state index >= 15 is 0 Å². The highest BCUT2D eigenvalue weighted by atomic mass is 16.4. The molecule has 1 atom stereocenters. The monoisotopic (exact) mass is 318 g/mol. The average Bonchev–Trinajstić information content (AvgIpc) is 3.34. The van der Waals surface area contributed by atoms with Crippen molar-refractivity contribution >= 4 is 11.9 Å². The predicted molar refractivity (Wildman–Crippen MR) is 89.0 cm³/mol. The first-order valence-corrected chi connectivity index (χ1v) is 8.22. The lowest BCUT2D eigenvalue weighted by molar-refractivity contribution is -0.145. The van der Waals surface area contributed by atoms with Gasteiger partial charge in [-0.3, -0.25) is 14.5 Å². The van der Waals surface area contributed by atoms with Crippen molar-refractivity contribution in [3.63, 3.8) is 0 Å². The van der Waals surface area contributed by atoms with Crippen LogP contribution in [0, 0.1) is 0 Å². The Morgan fingerprint density at radius 3 is 2.26 bits per heavy atom. The maximum Gasteiger partial charge on any atom is 0.320 e. The minimum atomic E-state index is -0.871. The van der Waals surface area contributed by atoms with Gasteiger partial charge in [0.15, 0.2) is 0 Å². The topological polar surface area (TPSA) is 60.9 Å². The summed E-state index contributed by atoms with van der Waals surface area (Å²) in [5, 5.41) is 9.26. The fraction of sp³-hybridized carbons (Fsp3) is 0.556. The second-order valence-electron chi connectivity index (χ2n) is 6.52. The van der Waals surface area contributed by atoms with Gasteiger partial charge in [0.05, 0.1) is 6.54 Å². The molecule has 1 fully saturated rings. The number of benzene rings is 1. The normalized spacial score (nSPS) is 15.7. The fourth-order valence-corrected chi connectivity index (χ4v) is 2.72. The van der Waals surface area contributed by atoms with E-state index < -0.39 is 12.0 Å². The number of carbonyl (C=O) groups is 2. The van der Waals surface area contributed by atoms with Crippen LogP contribution in [0.3, 0.4) is 0 Å². The van der Waals surface area contributed by atoms with Gasteiger partial charge in [0.1, 0.15) is 6.04 Å². The Kier molecular flexibility index (Phi) is 5.77. The molecule has 1 unspecified atom stereocenters. The Labute approximate surface area is 137 Å². The van der Waals surface area contributed by atoms with Gasteiger partial charge in [-0.2, -0.15) is 0 Å². The number of carbonyl (C=O) groups excluding carboxylic acids is 1. The minimum Gasteiger partial charge on any atom is -0.480 e. The maximum absolute atomic E-state index is 12.8. The first-order valence-electron chi connectivity index (χ1n) is 8.22. The number of carboxylic acids is 1. The van der Waals surface area contributed by atoms with Gasteiger partial charge < -0.3 is 10.0 Å². The van der Waals surface area contributed by atoms with E-state index in [0.29, 0.717) is 6.54 Å². The molecule has 0 aromatic heterocycles. The highest BCUT2D eigenvalue weighted by Crippen LogP contribution is 2.28. The summed E-state index contributed by atoms with van der Waals surface area (Å²) in [7, 11) is 0. The van der Waals surface area contributed by atoms with E-state index in [4.69, 9.17) is 0 Å². The van der Waals surface area contributed by atoms with E-state index in [-0.39, 0.29) is 24.5 Å². The SMILES string of the molecule is CC(C)N(Cc1ccccc1)C(=O)CN(C1CC1)C(C)C(=O)O. The Morgan fingerprint density at radius 1 is 1.17 bits per heavy atom. The van der Waals surface area contributed by atoms with Crippen molar-refractivity contribution < 1.29 is 14.7 Å². The van der Waals surface area contributed by atoms with Gasteiger partial charge in [-0.25, -0.2) is 0 Å². The summed E-state index contributed by atoms with van der Waals surface area (Å²) in [6.07, 6.45) is 1.95. The first kappa shape index (κ1) is 17.5. The van der Waals surface area contributed by atoms with Crippen molar-refractivity contribution in [2.24, 2.45) is 0 Å². The Hall–Kier alpha value is -1.88. The second kappa shape index (κ2) is 7.59. The molecule has 1 aliphatic carbocycles. The molecular formula is C18H26N2O3. The molecule has 0 radical (unpaired) electrons. The zero-order chi connectivity index (χ0) is 17.0. The molecule has 1 saturated carbocycles. The van der Waals surface area contributed by atoms with Crippen LogP contribution in [0.25, 0.3) is 0 Å².